The number of halogens is 1. The third kappa shape index (κ3) is 3.90. The Hall–Kier alpha value is -2.60. The zero-order valence-corrected chi connectivity index (χ0v) is 17.4. The maximum Gasteiger partial charge on any atom is 0.257 e. The van der Waals surface area contributed by atoms with Gasteiger partial charge in [-0.3, -0.25) is 4.79 Å². The summed E-state index contributed by atoms with van der Waals surface area (Å²) in [4.78, 5) is 14.8. The SMILES string of the molecule is COc1ccc(Br)cc1CN(C)C(=O)c1c(C)nn(-c2ccccc2)c1C. The van der Waals surface area contributed by atoms with Gasteiger partial charge < -0.3 is 9.64 Å². The maximum atomic E-state index is 13.1. The first-order valence-electron chi connectivity index (χ1n) is 8.62. The predicted octanol–water partition coefficient (Wildman–Crippen LogP) is 4.53. The van der Waals surface area contributed by atoms with Crippen LogP contribution in [0.3, 0.4) is 0 Å². The molecule has 27 heavy (non-hydrogen) atoms. The van der Waals surface area contributed by atoms with E-state index in [0.29, 0.717) is 12.1 Å². The lowest BCUT2D eigenvalue weighted by molar-refractivity contribution is 0.0782. The zero-order chi connectivity index (χ0) is 19.6. The third-order valence-corrected chi connectivity index (χ3v) is 5.00. The van der Waals surface area contributed by atoms with E-state index in [1.807, 2.05) is 67.1 Å². The van der Waals surface area contributed by atoms with Crippen molar-refractivity contribution in [1.82, 2.24) is 14.7 Å². The van der Waals surface area contributed by atoms with Gasteiger partial charge in [0, 0.05) is 23.6 Å². The summed E-state index contributed by atoms with van der Waals surface area (Å²) >= 11 is 3.48. The lowest BCUT2D eigenvalue weighted by Gasteiger charge is -2.19. The average molecular weight is 428 g/mol. The van der Waals surface area contributed by atoms with E-state index in [0.717, 1.165) is 32.9 Å². The van der Waals surface area contributed by atoms with Gasteiger partial charge in [-0.15, -0.1) is 0 Å². The molecule has 0 saturated carbocycles. The smallest absolute Gasteiger partial charge is 0.257 e. The predicted molar refractivity (Wildman–Crippen MR) is 110 cm³/mol. The van der Waals surface area contributed by atoms with Gasteiger partial charge in [-0.25, -0.2) is 4.68 Å². The van der Waals surface area contributed by atoms with Crippen LogP contribution in [-0.4, -0.2) is 34.7 Å². The molecule has 3 aromatic rings. The van der Waals surface area contributed by atoms with Gasteiger partial charge in [0.25, 0.3) is 5.91 Å². The first-order valence-corrected chi connectivity index (χ1v) is 9.41. The molecule has 3 rings (SSSR count). The minimum atomic E-state index is -0.0609. The Balaban J connectivity index is 1.90. The zero-order valence-electron chi connectivity index (χ0n) is 15.9. The molecule has 0 unspecified atom stereocenters. The molecule has 0 saturated heterocycles. The van der Waals surface area contributed by atoms with E-state index >= 15 is 0 Å². The fourth-order valence-corrected chi connectivity index (χ4v) is 3.57. The quantitative estimate of drug-likeness (QED) is 0.600. The minimum Gasteiger partial charge on any atom is -0.496 e. The number of carbonyl (C=O) groups is 1. The number of amides is 1. The van der Waals surface area contributed by atoms with Crippen LogP contribution in [0.4, 0.5) is 0 Å². The number of benzene rings is 2. The number of aromatic nitrogens is 2. The normalized spacial score (nSPS) is 10.7. The molecular weight excluding hydrogens is 406 g/mol. The lowest BCUT2D eigenvalue weighted by Crippen LogP contribution is -2.27. The summed E-state index contributed by atoms with van der Waals surface area (Å²) in [5.41, 5.74) is 4.06. The van der Waals surface area contributed by atoms with Crippen LogP contribution in [-0.2, 0) is 6.54 Å². The number of methoxy groups -OCH3 is 1. The van der Waals surface area contributed by atoms with E-state index < -0.39 is 0 Å². The van der Waals surface area contributed by atoms with E-state index in [1.165, 1.54) is 0 Å². The molecule has 0 atom stereocenters. The van der Waals surface area contributed by atoms with E-state index in [-0.39, 0.29) is 5.91 Å². The molecule has 0 aliphatic rings. The van der Waals surface area contributed by atoms with Crippen molar-refractivity contribution >= 4 is 21.8 Å². The summed E-state index contributed by atoms with van der Waals surface area (Å²) in [7, 11) is 3.42. The van der Waals surface area contributed by atoms with Crippen LogP contribution in [0.2, 0.25) is 0 Å². The topological polar surface area (TPSA) is 47.4 Å². The largest absolute Gasteiger partial charge is 0.496 e. The summed E-state index contributed by atoms with van der Waals surface area (Å²) in [6.45, 7) is 4.23. The summed E-state index contributed by atoms with van der Waals surface area (Å²) in [5, 5.41) is 4.58. The van der Waals surface area contributed by atoms with Crippen molar-refractivity contribution in [1.29, 1.82) is 0 Å². The Morgan fingerprint density at radius 1 is 1.19 bits per heavy atom. The second kappa shape index (κ2) is 7.96. The number of rotatable bonds is 5. The van der Waals surface area contributed by atoms with Crippen molar-refractivity contribution in [2.24, 2.45) is 0 Å². The van der Waals surface area contributed by atoms with Crippen LogP contribution in [0, 0.1) is 13.8 Å². The third-order valence-electron chi connectivity index (χ3n) is 4.50. The van der Waals surface area contributed by atoms with E-state index in [1.54, 1.807) is 19.1 Å². The molecule has 1 aromatic heterocycles. The van der Waals surface area contributed by atoms with Gasteiger partial charge in [-0.2, -0.15) is 5.10 Å². The molecule has 0 aliphatic carbocycles. The first-order chi connectivity index (χ1) is 12.9. The van der Waals surface area contributed by atoms with Gasteiger partial charge in [-0.05, 0) is 44.2 Å². The lowest BCUT2D eigenvalue weighted by atomic mass is 10.1. The molecule has 0 bridgehead atoms. The standard InChI is InChI=1S/C21H22BrN3O2/c1-14-20(15(2)25(23-14)18-8-6-5-7-9-18)21(26)24(3)13-16-12-17(22)10-11-19(16)27-4/h5-12H,13H2,1-4H3. The number of hydrogen-bond acceptors (Lipinski definition) is 3. The second-order valence-corrected chi connectivity index (χ2v) is 7.33. The van der Waals surface area contributed by atoms with Crippen LogP contribution >= 0.6 is 15.9 Å². The van der Waals surface area contributed by atoms with E-state index in [2.05, 4.69) is 21.0 Å². The summed E-state index contributed by atoms with van der Waals surface area (Å²) in [6.07, 6.45) is 0. The molecule has 6 heteroatoms. The van der Waals surface area contributed by atoms with Gasteiger partial charge in [0.1, 0.15) is 5.75 Å². The number of carbonyl (C=O) groups excluding carboxylic acids is 1. The summed E-state index contributed by atoms with van der Waals surface area (Å²) < 4.78 is 8.18. The molecule has 5 nitrogen and oxygen atoms in total. The van der Waals surface area contributed by atoms with Crippen molar-refractivity contribution in [3.05, 3.63) is 75.5 Å². The number of para-hydroxylation sites is 1. The highest BCUT2D eigenvalue weighted by molar-refractivity contribution is 9.10. The van der Waals surface area contributed by atoms with Crippen LogP contribution in [0.5, 0.6) is 5.75 Å². The molecule has 1 amide bonds. The Kier molecular flexibility index (Phi) is 5.65. The number of ether oxygens (including phenoxy) is 1. The molecule has 1 heterocycles. The fourth-order valence-electron chi connectivity index (χ4n) is 3.16. The van der Waals surface area contributed by atoms with Crippen molar-refractivity contribution in [2.75, 3.05) is 14.2 Å². The molecule has 2 aromatic carbocycles. The first kappa shape index (κ1) is 19.2. The molecule has 0 fully saturated rings. The van der Waals surface area contributed by atoms with Gasteiger partial charge in [0.2, 0.25) is 0 Å². The van der Waals surface area contributed by atoms with Crippen LogP contribution < -0.4 is 4.74 Å². The molecule has 140 valence electrons. The van der Waals surface area contributed by atoms with Crippen molar-refractivity contribution in [3.8, 4) is 11.4 Å². The Morgan fingerprint density at radius 2 is 1.89 bits per heavy atom. The van der Waals surface area contributed by atoms with Gasteiger partial charge in [-0.1, -0.05) is 34.1 Å². The highest BCUT2D eigenvalue weighted by Crippen LogP contribution is 2.25. The minimum absolute atomic E-state index is 0.0609. The van der Waals surface area contributed by atoms with Crippen molar-refractivity contribution < 1.29 is 9.53 Å². The van der Waals surface area contributed by atoms with Crippen molar-refractivity contribution in [2.45, 2.75) is 20.4 Å². The van der Waals surface area contributed by atoms with Gasteiger partial charge in [0.15, 0.2) is 0 Å². The number of nitrogens with zero attached hydrogens (tertiary/aromatic N) is 3. The highest BCUT2D eigenvalue weighted by Gasteiger charge is 2.23. The van der Waals surface area contributed by atoms with E-state index in [4.69, 9.17) is 4.74 Å². The fraction of sp³-hybridized carbons (Fsp3) is 0.238. The Bertz CT molecular complexity index is 967. The van der Waals surface area contributed by atoms with Gasteiger partial charge >= 0.3 is 0 Å². The van der Waals surface area contributed by atoms with Crippen LogP contribution in [0.15, 0.2) is 53.0 Å². The summed E-state index contributed by atoms with van der Waals surface area (Å²) in [5.74, 6) is 0.695. The van der Waals surface area contributed by atoms with Crippen LogP contribution in [0.25, 0.3) is 5.69 Å². The highest BCUT2D eigenvalue weighted by atomic mass is 79.9. The Labute approximate surface area is 167 Å². The Morgan fingerprint density at radius 3 is 2.56 bits per heavy atom. The molecule has 0 N–H and O–H groups in total. The molecule has 0 spiro atoms. The molecular formula is C21H22BrN3O2. The number of aryl methyl sites for hydroxylation is 1. The van der Waals surface area contributed by atoms with E-state index in [9.17, 15) is 4.79 Å². The average Bonchev–Trinajstić information content (AvgIpc) is 2.96. The number of hydrogen-bond donors (Lipinski definition) is 0. The summed E-state index contributed by atoms with van der Waals surface area (Å²) in [6, 6.07) is 15.6. The maximum absolute atomic E-state index is 13.1. The van der Waals surface area contributed by atoms with Crippen LogP contribution in [0.1, 0.15) is 27.3 Å². The van der Waals surface area contributed by atoms with Gasteiger partial charge in [0.05, 0.1) is 29.7 Å². The molecule has 0 aliphatic heterocycles. The molecule has 0 radical (unpaired) electrons. The second-order valence-electron chi connectivity index (χ2n) is 6.41. The monoisotopic (exact) mass is 427 g/mol. The van der Waals surface area contributed by atoms with Crippen molar-refractivity contribution in [3.63, 3.8) is 0 Å².